The molecule has 0 radical (unpaired) electrons. The molecule has 5 rings (SSSR count). The summed E-state index contributed by atoms with van der Waals surface area (Å²) in [7, 11) is 3.58. The molecule has 2 N–H and O–H groups in total. The lowest BCUT2D eigenvalue weighted by Crippen LogP contribution is -2.66. The van der Waals surface area contributed by atoms with E-state index in [1.165, 1.54) is 12.8 Å². The van der Waals surface area contributed by atoms with Gasteiger partial charge in [-0.1, -0.05) is 0 Å². The van der Waals surface area contributed by atoms with E-state index >= 15 is 0 Å². The zero-order valence-corrected chi connectivity index (χ0v) is 21.4. The van der Waals surface area contributed by atoms with Gasteiger partial charge in [-0.05, 0) is 76.0 Å². The minimum Gasteiger partial charge on any atom is -0.379 e. The molecule has 0 spiro atoms. The van der Waals surface area contributed by atoms with E-state index < -0.39 is 12.1 Å². The molecule has 6 nitrogen and oxygen atoms in total. The molecule has 202 valence electrons. The second-order valence-electron chi connectivity index (χ2n) is 11.8. The van der Waals surface area contributed by atoms with Crippen molar-refractivity contribution in [3.8, 4) is 0 Å². The Morgan fingerprint density at radius 1 is 0.829 bits per heavy atom. The number of hydrogen-bond acceptors (Lipinski definition) is 6. The van der Waals surface area contributed by atoms with Crippen molar-refractivity contribution in [1.29, 1.82) is 0 Å². The summed E-state index contributed by atoms with van der Waals surface area (Å²) in [6.07, 6.45) is 5.91. The van der Waals surface area contributed by atoms with Gasteiger partial charge < -0.3 is 9.47 Å². The summed E-state index contributed by atoms with van der Waals surface area (Å²) in [6.45, 7) is 4.07. The van der Waals surface area contributed by atoms with Gasteiger partial charge in [0.1, 0.15) is 0 Å². The highest BCUT2D eigenvalue weighted by atomic mass is 19.4. The number of halogens is 3. The maximum absolute atomic E-state index is 13.2. The van der Waals surface area contributed by atoms with E-state index in [0.717, 1.165) is 64.8 Å². The average Bonchev–Trinajstić information content (AvgIpc) is 3.51. The number of likely N-dealkylation sites (tertiary alicyclic amines) is 2. The van der Waals surface area contributed by atoms with Crippen LogP contribution in [0.2, 0.25) is 0 Å². The highest BCUT2D eigenvalue weighted by Crippen LogP contribution is 2.44. The van der Waals surface area contributed by atoms with E-state index in [1.54, 1.807) is 14.2 Å². The van der Waals surface area contributed by atoms with Crippen LogP contribution in [0.5, 0.6) is 0 Å². The van der Waals surface area contributed by atoms with Gasteiger partial charge in [-0.3, -0.25) is 20.4 Å². The van der Waals surface area contributed by atoms with Crippen LogP contribution in [0.1, 0.15) is 64.2 Å². The van der Waals surface area contributed by atoms with Gasteiger partial charge in [0.25, 0.3) is 0 Å². The van der Waals surface area contributed by atoms with Crippen LogP contribution in [0.4, 0.5) is 13.2 Å². The lowest BCUT2D eigenvalue weighted by atomic mass is 9.77. The molecule has 2 aliphatic carbocycles. The zero-order valence-electron chi connectivity index (χ0n) is 21.4. The predicted molar refractivity (Wildman–Crippen MR) is 129 cm³/mol. The van der Waals surface area contributed by atoms with Crippen LogP contribution in [0.25, 0.3) is 0 Å². The summed E-state index contributed by atoms with van der Waals surface area (Å²) >= 11 is 0. The van der Waals surface area contributed by atoms with Crippen molar-refractivity contribution in [2.75, 3.05) is 40.5 Å². The molecule has 35 heavy (non-hydrogen) atoms. The molecule has 0 aromatic heterocycles. The average molecular weight is 503 g/mol. The molecule has 0 aromatic rings. The molecular weight excluding hydrogens is 457 g/mol. The molecule has 3 saturated heterocycles. The number of alkyl halides is 3. The highest BCUT2D eigenvalue weighted by Gasteiger charge is 2.49. The lowest BCUT2D eigenvalue weighted by Gasteiger charge is -2.47. The van der Waals surface area contributed by atoms with Crippen LogP contribution in [0.15, 0.2) is 0 Å². The minimum absolute atomic E-state index is 0.184. The summed E-state index contributed by atoms with van der Waals surface area (Å²) in [6, 6.07) is 0.432. The van der Waals surface area contributed by atoms with Crippen LogP contribution in [-0.2, 0) is 9.47 Å². The summed E-state index contributed by atoms with van der Waals surface area (Å²) in [5.41, 5.74) is 0. The van der Waals surface area contributed by atoms with E-state index in [9.17, 15) is 13.2 Å². The van der Waals surface area contributed by atoms with Crippen molar-refractivity contribution in [3.63, 3.8) is 0 Å². The van der Waals surface area contributed by atoms with Crippen LogP contribution in [0, 0.1) is 23.7 Å². The van der Waals surface area contributed by atoms with Crippen molar-refractivity contribution in [2.45, 2.75) is 101 Å². The summed E-state index contributed by atoms with van der Waals surface area (Å²) in [4.78, 5) is 5.31. The Morgan fingerprint density at radius 3 is 2.29 bits per heavy atom. The SMILES string of the molecule is COC1CCC(CN2CCC3C2NCNC3N2CCCC2C2CCC(C(F)(F)F)CC2)CC1OC. The van der Waals surface area contributed by atoms with Crippen molar-refractivity contribution in [1.82, 2.24) is 20.4 Å². The number of rotatable bonds is 6. The standard InChI is InChI=1S/C26H45F3N4O2/c1-34-22-10-5-17(14-23(22)35-2)15-32-13-11-20-24(32)30-16-31-25(20)33-12-3-4-21(33)18-6-8-19(9-7-18)26(27,28)29/h17-25,30-31H,3-16H2,1-2H3. The number of ether oxygens (including phenoxy) is 2. The van der Waals surface area contributed by atoms with Gasteiger partial charge in [-0.15, -0.1) is 0 Å². The van der Waals surface area contributed by atoms with Crippen LogP contribution in [-0.4, -0.2) is 87.1 Å². The van der Waals surface area contributed by atoms with Gasteiger partial charge in [-0.2, -0.15) is 13.2 Å². The monoisotopic (exact) mass is 502 g/mol. The van der Waals surface area contributed by atoms with Gasteiger partial charge in [0, 0.05) is 52.5 Å². The Balaban J connectivity index is 1.18. The molecule has 0 amide bonds. The number of methoxy groups -OCH3 is 2. The van der Waals surface area contributed by atoms with E-state index in [2.05, 4.69) is 20.4 Å². The second kappa shape index (κ2) is 11.1. The van der Waals surface area contributed by atoms with Crippen molar-refractivity contribution >= 4 is 0 Å². The molecule has 2 saturated carbocycles. The predicted octanol–water partition coefficient (Wildman–Crippen LogP) is 3.77. The Kier molecular flexibility index (Phi) is 8.31. The number of nitrogens with zero attached hydrogens (tertiary/aromatic N) is 2. The van der Waals surface area contributed by atoms with Gasteiger partial charge in [-0.25, -0.2) is 0 Å². The number of nitrogens with one attached hydrogen (secondary N) is 2. The van der Waals surface area contributed by atoms with Crippen molar-refractivity contribution < 1.29 is 22.6 Å². The van der Waals surface area contributed by atoms with E-state index in [0.29, 0.717) is 49.0 Å². The first kappa shape index (κ1) is 26.2. The van der Waals surface area contributed by atoms with E-state index in [1.807, 2.05) is 0 Å². The molecule has 7 atom stereocenters. The fourth-order valence-corrected chi connectivity index (χ4v) is 8.18. The maximum atomic E-state index is 13.2. The lowest BCUT2D eigenvalue weighted by molar-refractivity contribution is -0.185. The Labute approximate surface area is 208 Å². The van der Waals surface area contributed by atoms with Crippen molar-refractivity contribution in [3.05, 3.63) is 0 Å². The van der Waals surface area contributed by atoms with Crippen LogP contribution < -0.4 is 10.6 Å². The smallest absolute Gasteiger partial charge is 0.379 e. The first-order valence-electron chi connectivity index (χ1n) is 14.0. The molecule has 5 fully saturated rings. The van der Waals surface area contributed by atoms with Gasteiger partial charge in [0.15, 0.2) is 0 Å². The molecule has 3 heterocycles. The highest BCUT2D eigenvalue weighted by molar-refractivity contribution is 5.00. The summed E-state index contributed by atoms with van der Waals surface area (Å²) in [5, 5.41) is 7.50. The summed E-state index contributed by atoms with van der Waals surface area (Å²) < 4.78 is 51.0. The van der Waals surface area contributed by atoms with Gasteiger partial charge in [0.05, 0.1) is 30.5 Å². The van der Waals surface area contributed by atoms with Crippen LogP contribution in [0.3, 0.4) is 0 Å². The number of hydrogen-bond donors (Lipinski definition) is 2. The third-order valence-electron chi connectivity index (χ3n) is 9.99. The Bertz CT molecular complexity index is 690. The second-order valence-corrected chi connectivity index (χ2v) is 11.8. The largest absolute Gasteiger partial charge is 0.391 e. The zero-order chi connectivity index (χ0) is 24.6. The van der Waals surface area contributed by atoms with Gasteiger partial charge >= 0.3 is 6.18 Å². The first-order chi connectivity index (χ1) is 16.9. The van der Waals surface area contributed by atoms with Crippen LogP contribution >= 0.6 is 0 Å². The first-order valence-corrected chi connectivity index (χ1v) is 14.0. The normalized spacial score (nSPS) is 44.0. The Hall–Kier alpha value is -0.450. The third kappa shape index (κ3) is 5.55. The van der Waals surface area contributed by atoms with E-state index in [4.69, 9.17) is 9.47 Å². The maximum Gasteiger partial charge on any atom is 0.391 e. The van der Waals surface area contributed by atoms with E-state index in [-0.39, 0.29) is 12.2 Å². The molecule has 3 aliphatic heterocycles. The molecule has 5 aliphatic rings. The summed E-state index contributed by atoms with van der Waals surface area (Å²) in [5.74, 6) is 0.466. The molecule has 0 aromatic carbocycles. The molecular formula is C26H45F3N4O2. The number of fused-ring (bicyclic) bond motifs is 1. The fraction of sp³-hybridized carbons (Fsp3) is 1.00. The quantitative estimate of drug-likeness (QED) is 0.577. The third-order valence-corrected chi connectivity index (χ3v) is 9.99. The van der Waals surface area contributed by atoms with Gasteiger partial charge in [0.2, 0.25) is 0 Å². The molecule has 7 unspecified atom stereocenters. The van der Waals surface area contributed by atoms with Crippen molar-refractivity contribution in [2.24, 2.45) is 23.7 Å². The Morgan fingerprint density at radius 2 is 1.57 bits per heavy atom. The molecule has 9 heteroatoms. The minimum atomic E-state index is -4.02. The topological polar surface area (TPSA) is 49.0 Å². The molecule has 0 bridgehead atoms. The fourth-order valence-electron chi connectivity index (χ4n) is 8.18.